The maximum absolute atomic E-state index is 12.5. The van der Waals surface area contributed by atoms with Gasteiger partial charge in [0.2, 0.25) is 0 Å². The quantitative estimate of drug-likeness (QED) is 0.821. The van der Waals surface area contributed by atoms with Crippen molar-refractivity contribution in [2.45, 2.75) is 44.3 Å². The van der Waals surface area contributed by atoms with Gasteiger partial charge in [0.15, 0.2) is 0 Å². The molecule has 2 aromatic rings. The van der Waals surface area contributed by atoms with E-state index in [2.05, 4.69) is 20.9 Å². The number of hydrogen-bond acceptors (Lipinski definition) is 5. The largest absolute Gasteiger partial charge is 0.442 e. The Kier molecular flexibility index (Phi) is 3.92. The summed E-state index contributed by atoms with van der Waals surface area (Å²) in [5.74, 6) is 0. The number of halogens is 1. The molecule has 1 fully saturated rings. The molecule has 24 heavy (non-hydrogen) atoms. The van der Waals surface area contributed by atoms with Gasteiger partial charge in [-0.15, -0.1) is 0 Å². The van der Waals surface area contributed by atoms with Gasteiger partial charge in [-0.2, -0.15) is 0 Å². The minimum Gasteiger partial charge on any atom is -0.442 e. The summed E-state index contributed by atoms with van der Waals surface area (Å²) < 4.78 is 7.53. The molecule has 0 atom stereocenters. The standard InChI is InChI=1S/C16H18BrN3O4/c1-9-11(6-16(24-14(18)22)7-15(2,23)8-16)19-12-5-10(17)3-4-20(12)13(9)21/h3-5,23H,6-8H2,1-2H3,(H2,18,22)/t15-,16+. The average Bonchev–Trinajstić information content (AvgIpc) is 2.41. The van der Waals surface area contributed by atoms with E-state index < -0.39 is 17.3 Å². The van der Waals surface area contributed by atoms with E-state index >= 15 is 0 Å². The van der Waals surface area contributed by atoms with Crippen LogP contribution < -0.4 is 11.3 Å². The minimum absolute atomic E-state index is 0.178. The Bertz CT molecular complexity index is 883. The highest BCUT2D eigenvalue weighted by molar-refractivity contribution is 9.10. The van der Waals surface area contributed by atoms with Gasteiger partial charge >= 0.3 is 6.09 Å². The van der Waals surface area contributed by atoms with E-state index in [4.69, 9.17) is 10.5 Å². The lowest BCUT2D eigenvalue weighted by Crippen LogP contribution is -2.59. The van der Waals surface area contributed by atoms with Crippen molar-refractivity contribution in [1.29, 1.82) is 0 Å². The topological polar surface area (TPSA) is 107 Å². The van der Waals surface area contributed by atoms with Gasteiger partial charge in [-0.3, -0.25) is 9.20 Å². The third-order valence-electron chi connectivity index (χ3n) is 4.33. The fourth-order valence-corrected chi connectivity index (χ4v) is 3.83. The number of carbonyl (C=O) groups is 1. The van der Waals surface area contributed by atoms with Crippen molar-refractivity contribution >= 4 is 27.7 Å². The summed E-state index contributed by atoms with van der Waals surface area (Å²) >= 11 is 3.36. The predicted octanol–water partition coefficient (Wildman–Crippen LogP) is 1.69. The van der Waals surface area contributed by atoms with Crippen LogP contribution in [0, 0.1) is 6.92 Å². The number of aliphatic hydroxyl groups is 1. The monoisotopic (exact) mass is 395 g/mol. The lowest BCUT2D eigenvalue weighted by Gasteiger charge is -2.50. The zero-order chi connectivity index (χ0) is 17.7. The summed E-state index contributed by atoms with van der Waals surface area (Å²) in [5.41, 5.74) is 4.66. The van der Waals surface area contributed by atoms with Crippen LogP contribution >= 0.6 is 15.9 Å². The number of rotatable bonds is 3. The summed E-state index contributed by atoms with van der Waals surface area (Å²) in [6.07, 6.45) is 1.48. The Labute approximate surface area is 146 Å². The van der Waals surface area contributed by atoms with Crippen LogP contribution in [0.1, 0.15) is 31.0 Å². The fourth-order valence-electron chi connectivity index (χ4n) is 3.51. The smallest absolute Gasteiger partial charge is 0.405 e. The Hall–Kier alpha value is -1.93. The van der Waals surface area contributed by atoms with Gasteiger partial charge in [0.1, 0.15) is 11.2 Å². The first-order chi connectivity index (χ1) is 11.1. The van der Waals surface area contributed by atoms with Crippen LogP contribution in [0.5, 0.6) is 0 Å². The molecule has 0 saturated heterocycles. The lowest BCUT2D eigenvalue weighted by atomic mass is 9.66. The number of nitrogens with zero attached hydrogens (tertiary/aromatic N) is 2. The van der Waals surface area contributed by atoms with Gasteiger partial charge in [0.25, 0.3) is 5.56 Å². The summed E-state index contributed by atoms with van der Waals surface area (Å²) in [4.78, 5) is 28.3. The molecular formula is C16H18BrN3O4. The van der Waals surface area contributed by atoms with Crippen molar-refractivity contribution in [1.82, 2.24) is 9.38 Å². The Morgan fingerprint density at radius 3 is 2.79 bits per heavy atom. The van der Waals surface area contributed by atoms with Crippen LogP contribution in [0.25, 0.3) is 5.65 Å². The molecule has 0 unspecified atom stereocenters. The second-order valence-electron chi connectivity index (χ2n) is 6.69. The molecule has 0 bridgehead atoms. The summed E-state index contributed by atoms with van der Waals surface area (Å²) in [6, 6.07) is 3.50. The number of pyridine rings is 1. The molecule has 7 nitrogen and oxygen atoms in total. The predicted molar refractivity (Wildman–Crippen MR) is 90.9 cm³/mol. The molecule has 2 heterocycles. The number of nitrogens with two attached hydrogens (primary N) is 1. The van der Waals surface area contributed by atoms with Crippen molar-refractivity contribution in [2.24, 2.45) is 5.73 Å². The van der Waals surface area contributed by atoms with E-state index in [1.165, 1.54) is 4.40 Å². The van der Waals surface area contributed by atoms with Gasteiger partial charge in [0, 0.05) is 35.5 Å². The van der Waals surface area contributed by atoms with Crippen LogP contribution in [0.15, 0.2) is 27.6 Å². The van der Waals surface area contributed by atoms with Gasteiger partial charge in [0.05, 0.1) is 11.3 Å². The Balaban J connectivity index is 2.04. The molecule has 1 aliphatic rings. The number of amides is 1. The van der Waals surface area contributed by atoms with E-state index in [-0.39, 0.29) is 24.8 Å². The average molecular weight is 396 g/mol. The Morgan fingerprint density at radius 1 is 1.54 bits per heavy atom. The van der Waals surface area contributed by atoms with Gasteiger partial charge in [-0.05, 0) is 26.0 Å². The van der Waals surface area contributed by atoms with Crippen LogP contribution in [0.2, 0.25) is 0 Å². The van der Waals surface area contributed by atoms with Crippen LogP contribution in [-0.2, 0) is 11.2 Å². The first kappa shape index (κ1) is 16.9. The highest BCUT2D eigenvalue weighted by Crippen LogP contribution is 2.46. The first-order valence-electron chi connectivity index (χ1n) is 7.49. The normalized spacial score (nSPS) is 26.2. The molecule has 128 valence electrons. The first-order valence-corrected chi connectivity index (χ1v) is 8.28. The Morgan fingerprint density at radius 2 is 2.21 bits per heavy atom. The van der Waals surface area contributed by atoms with Crippen LogP contribution in [-0.4, -0.2) is 31.8 Å². The molecule has 0 aromatic carbocycles. The molecular weight excluding hydrogens is 378 g/mol. The molecule has 8 heteroatoms. The highest BCUT2D eigenvalue weighted by Gasteiger charge is 2.54. The lowest BCUT2D eigenvalue weighted by molar-refractivity contribution is -0.168. The second kappa shape index (κ2) is 5.56. The van der Waals surface area contributed by atoms with Gasteiger partial charge in [-0.1, -0.05) is 15.9 Å². The maximum Gasteiger partial charge on any atom is 0.405 e. The number of ether oxygens (including phenoxy) is 1. The molecule has 1 amide bonds. The third kappa shape index (κ3) is 3.03. The molecule has 0 aliphatic heterocycles. The van der Waals surface area contributed by atoms with Crippen molar-refractivity contribution in [2.75, 3.05) is 0 Å². The third-order valence-corrected chi connectivity index (χ3v) is 4.82. The number of hydrogen-bond donors (Lipinski definition) is 2. The molecule has 1 saturated carbocycles. The molecule has 3 N–H and O–H groups in total. The SMILES string of the molecule is Cc1c(C[C@]2(OC(N)=O)C[C@@](C)(O)C2)nc2cc(Br)ccn2c1=O. The van der Waals surface area contributed by atoms with E-state index in [0.717, 1.165) is 4.47 Å². The zero-order valence-electron chi connectivity index (χ0n) is 13.4. The van der Waals surface area contributed by atoms with E-state index in [9.17, 15) is 14.7 Å². The summed E-state index contributed by atoms with van der Waals surface area (Å²) in [5, 5.41) is 10.0. The number of fused-ring (bicyclic) bond motifs is 1. The van der Waals surface area contributed by atoms with Crippen molar-refractivity contribution in [3.8, 4) is 0 Å². The fraction of sp³-hybridized carbons (Fsp3) is 0.438. The minimum atomic E-state index is -0.927. The molecule has 0 radical (unpaired) electrons. The van der Waals surface area contributed by atoms with E-state index in [0.29, 0.717) is 16.9 Å². The second-order valence-corrected chi connectivity index (χ2v) is 7.61. The van der Waals surface area contributed by atoms with Crippen molar-refractivity contribution in [3.05, 3.63) is 44.4 Å². The summed E-state index contributed by atoms with van der Waals surface area (Å²) in [7, 11) is 0. The maximum atomic E-state index is 12.5. The van der Waals surface area contributed by atoms with Crippen molar-refractivity contribution < 1.29 is 14.6 Å². The molecule has 3 rings (SSSR count). The molecule has 1 aliphatic carbocycles. The molecule has 0 spiro atoms. The number of carbonyl (C=O) groups excluding carboxylic acids is 1. The van der Waals surface area contributed by atoms with Gasteiger partial charge in [-0.25, -0.2) is 9.78 Å². The van der Waals surface area contributed by atoms with E-state index in [1.54, 1.807) is 32.2 Å². The highest BCUT2D eigenvalue weighted by atomic mass is 79.9. The molecule has 2 aromatic heterocycles. The zero-order valence-corrected chi connectivity index (χ0v) is 15.0. The number of aromatic nitrogens is 2. The van der Waals surface area contributed by atoms with Crippen LogP contribution in [0.4, 0.5) is 4.79 Å². The van der Waals surface area contributed by atoms with Crippen molar-refractivity contribution in [3.63, 3.8) is 0 Å². The van der Waals surface area contributed by atoms with E-state index in [1.807, 2.05) is 0 Å². The van der Waals surface area contributed by atoms with Crippen LogP contribution in [0.3, 0.4) is 0 Å². The van der Waals surface area contributed by atoms with Gasteiger partial charge < -0.3 is 15.6 Å². The summed E-state index contributed by atoms with van der Waals surface area (Å²) in [6.45, 7) is 3.36. The number of primary amides is 1.